The van der Waals surface area contributed by atoms with E-state index in [0.717, 1.165) is 12.4 Å². The summed E-state index contributed by atoms with van der Waals surface area (Å²) in [6.07, 6.45) is 2.85. The molecular formula is C9H10IN3. The summed E-state index contributed by atoms with van der Waals surface area (Å²) in [5.74, 6) is 0. The molecule has 0 saturated heterocycles. The highest BCUT2D eigenvalue weighted by atomic mass is 127. The highest BCUT2D eigenvalue weighted by molar-refractivity contribution is 5.48. The molecular weight excluding hydrogens is 277 g/mol. The molecule has 0 aromatic heterocycles. The van der Waals surface area contributed by atoms with Crippen LogP contribution in [-0.2, 0) is 0 Å². The van der Waals surface area contributed by atoms with Gasteiger partial charge in [0, 0.05) is 0 Å². The zero-order valence-corrected chi connectivity index (χ0v) is 9.47. The Morgan fingerprint density at radius 1 is 1.31 bits per heavy atom. The molecule has 4 heteroatoms. The van der Waals surface area contributed by atoms with Crippen molar-refractivity contribution in [3.05, 3.63) is 35.3 Å². The SMILES string of the molecule is CN1C#[N+]N(c2ccccc2)C1.[I-]. The second-order valence-corrected chi connectivity index (χ2v) is 2.77. The van der Waals surface area contributed by atoms with Gasteiger partial charge in [-0.1, -0.05) is 23.2 Å². The molecule has 0 unspecified atom stereocenters. The Bertz CT molecular complexity index is 328. The number of para-hydroxylation sites is 1. The highest BCUT2D eigenvalue weighted by Crippen LogP contribution is 2.15. The van der Waals surface area contributed by atoms with Crippen LogP contribution in [0, 0.1) is 6.19 Å². The molecule has 0 fully saturated rings. The first-order chi connectivity index (χ1) is 5.86. The summed E-state index contributed by atoms with van der Waals surface area (Å²) in [4.78, 5) is 6.01. The summed E-state index contributed by atoms with van der Waals surface area (Å²) < 4.78 is 0. The van der Waals surface area contributed by atoms with Crippen molar-refractivity contribution >= 4 is 5.69 Å². The molecule has 1 aliphatic rings. The highest BCUT2D eigenvalue weighted by Gasteiger charge is 2.20. The lowest BCUT2D eigenvalue weighted by atomic mass is 10.3. The molecule has 0 aliphatic carbocycles. The van der Waals surface area contributed by atoms with Crippen molar-refractivity contribution in [1.29, 1.82) is 0 Å². The van der Waals surface area contributed by atoms with Gasteiger partial charge in [-0.15, -0.1) is 0 Å². The van der Waals surface area contributed by atoms with Gasteiger partial charge >= 0.3 is 6.19 Å². The van der Waals surface area contributed by atoms with E-state index in [1.54, 1.807) is 0 Å². The van der Waals surface area contributed by atoms with Crippen LogP contribution in [0.3, 0.4) is 0 Å². The van der Waals surface area contributed by atoms with Crippen LogP contribution in [-0.4, -0.2) is 18.6 Å². The first-order valence-electron chi connectivity index (χ1n) is 3.86. The molecule has 1 aromatic rings. The van der Waals surface area contributed by atoms with E-state index in [-0.39, 0.29) is 24.0 Å². The predicted molar refractivity (Wildman–Crippen MR) is 48.8 cm³/mol. The van der Waals surface area contributed by atoms with E-state index in [0.29, 0.717) is 0 Å². The summed E-state index contributed by atoms with van der Waals surface area (Å²) in [5, 5.41) is 1.90. The van der Waals surface area contributed by atoms with Crippen molar-refractivity contribution in [1.82, 2.24) is 4.90 Å². The molecule has 0 saturated carbocycles. The Balaban J connectivity index is 0.000000845. The lowest BCUT2D eigenvalue weighted by molar-refractivity contribution is -0.00000242. The summed E-state index contributed by atoms with van der Waals surface area (Å²) >= 11 is 0. The first-order valence-corrected chi connectivity index (χ1v) is 3.86. The molecule has 1 heterocycles. The van der Waals surface area contributed by atoms with Gasteiger partial charge in [-0.25, -0.2) is 0 Å². The third-order valence-electron chi connectivity index (χ3n) is 1.74. The average Bonchev–Trinajstić information content (AvgIpc) is 2.54. The minimum Gasteiger partial charge on any atom is -1.00 e. The van der Waals surface area contributed by atoms with Gasteiger partial charge in [0.2, 0.25) is 6.67 Å². The number of benzene rings is 1. The number of hydrogen-bond acceptors (Lipinski definition) is 2. The zero-order valence-electron chi connectivity index (χ0n) is 7.31. The molecule has 68 valence electrons. The molecule has 0 N–H and O–H groups in total. The van der Waals surface area contributed by atoms with Crippen LogP contribution in [0.15, 0.2) is 30.3 Å². The zero-order chi connectivity index (χ0) is 8.39. The van der Waals surface area contributed by atoms with E-state index >= 15 is 0 Å². The average molecular weight is 287 g/mol. The first kappa shape index (κ1) is 10.1. The fourth-order valence-corrected chi connectivity index (χ4v) is 1.13. The molecule has 0 atom stereocenters. The second kappa shape index (κ2) is 4.33. The fraction of sp³-hybridized carbons (Fsp3) is 0.222. The predicted octanol–water partition coefficient (Wildman–Crippen LogP) is -1.39. The molecule has 1 aliphatic heterocycles. The summed E-state index contributed by atoms with van der Waals surface area (Å²) in [5.41, 5.74) is 1.11. The quantitative estimate of drug-likeness (QED) is 0.465. The van der Waals surface area contributed by atoms with Crippen LogP contribution in [0.2, 0.25) is 0 Å². The van der Waals surface area contributed by atoms with E-state index < -0.39 is 0 Å². The smallest absolute Gasteiger partial charge is 0.410 e. The maximum absolute atomic E-state index is 4.10. The van der Waals surface area contributed by atoms with Gasteiger partial charge in [0.1, 0.15) is 0 Å². The molecule has 2 rings (SSSR count). The van der Waals surface area contributed by atoms with E-state index in [9.17, 15) is 0 Å². The Morgan fingerprint density at radius 3 is 2.54 bits per heavy atom. The molecule has 0 amide bonds. The third-order valence-corrected chi connectivity index (χ3v) is 1.74. The van der Waals surface area contributed by atoms with Gasteiger partial charge < -0.3 is 24.0 Å². The molecule has 0 radical (unpaired) electrons. The Kier molecular flexibility index (Phi) is 3.37. The molecule has 3 nitrogen and oxygen atoms in total. The second-order valence-electron chi connectivity index (χ2n) is 2.77. The van der Waals surface area contributed by atoms with Crippen molar-refractivity contribution in [3.63, 3.8) is 0 Å². The van der Waals surface area contributed by atoms with Crippen LogP contribution in [0.1, 0.15) is 0 Å². The van der Waals surface area contributed by atoms with E-state index in [2.05, 4.69) is 11.1 Å². The number of halogens is 1. The van der Waals surface area contributed by atoms with E-state index in [1.165, 1.54) is 0 Å². The van der Waals surface area contributed by atoms with Crippen molar-refractivity contribution < 1.29 is 24.0 Å². The van der Waals surface area contributed by atoms with Gasteiger partial charge in [0.25, 0.3) is 0 Å². The third kappa shape index (κ3) is 2.25. The van der Waals surface area contributed by atoms with Gasteiger partial charge in [-0.05, 0) is 17.1 Å². The molecule has 13 heavy (non-hydrogen) atoms. The fourth-order valence-electron chi connectivity index (χ4n) is 1.13. The van der Waals surface area contributed by atoms with Crippen LogP contribution in [0.5, 0.6) is 0 Å². The molecule has 0 bridgehead atoms. The Morgan fingerprint density at radius 2 is 2.00 bits per heavy atom. The maximum atomic E-state index is 4.10. The summed E-state index contributed by atoms with van der Waals surface area (Å²) in [6, 6.07) is 10.1. The van der Waals surface area contributed by atoms with E-state index in [4.69, 9.17) is 0 Å². The Hall–Kier alpha value is -0.960. The summed E-state index contributed by atoms with van der Waals surface area (Å²) in [7, 11) is 1.95. The van der Waals surface area contributed by atoms with Crippen LogP contribution < -0.4 is 29.0 Å². The number of nitrogens with zero attached hydrogens (tertiary/aromatic N) is 3. The minimum absolute atomic E-state index is 0. The van der Waals surface area contributed by atoms with Crippen LogP contribution >= 0.6 is 0 Å². The van der Waals surface area contributed by atoms with Crippen LogP contribution in [0.25, 0.3) is 4.95 Å². The van der Waals surface area contributed by atoms with E-state index in [1.807, 2.05) is 47.3 Å². The normalized spacial score (nSPS) is 13.3. The van der Waals surface area contributed by atoms with Gasteiger partial charge in [-0.2, -0.15) is 4.90 Å². The number of hydrogen-bond donors (Lipinski definition) is 0. The maximum Gasteiger partial charge on any atom is 0.410 e. The topological polar surface area (TPSA) is 10.8 Å². The number of rotatable bonds is 1. The monoisotopic (exact) mass is 287 g/mol. The molecule has 1 aromatic carbocycles. The lowest BCUT2D eigenvalue weighted by Crippen LogP contribution is -3.00. The summed E-state index contributed by atoms with van der Waals surface area (Å²) in [6.45, 7) is 0.782. The van der Waals surface area contributed by atoms with Crippen molar-refractivity contribution in [2.24, 2.45) is 0 Å². The standard InChI is InChI=1S/C9H10N3.HI/c1-11-7-10-12(8-11)9-5-3-2-4-6-9;/h2-6H,8H2,1H3;1H/q+1;/p-1. The largest absolute Gasteiger partial charge is 1.00 e. The van der Waals surface area contributed by atoms with Crippen molar-refractivity contribution in [3.8, 4) is 6.19 Å². The minimum atomic E-state index is 0. The van der Waals surface area contributed by atoms with Gasteiger partial charge in [0.05, 0.1) is 12.7 Å². The Labute approximate surface area is 94.8 Å². The van der Waals surface area contributed by atoms with Crippen molar-refractivity contribution in [2.75, 3.05) is 18.7 Å². The van der Waals surface area contributed by atoms with Gasteiger partial charge in [-0.3, -0.25) is 0 Å². The van der Waals surface area contributed by atoms with Gasteiger partial charge in [0.15, 0.2) is 0 Å². The molecule has 0 spiro atoms. The number of anilines is 1. The lowest BCUT2D eigenvalue weighted by Gasteiger charge is -2.04. The van der Waals surface area contributed by atoms with Crippen molar-refractivity contribution in [2.45, 2.75) is 0 Å². The van der Waals surface area contributed by atoms with Crippen LogP contribution in [0.4, 0.5) is 5.69 Å².